The monoisotopic (exact) mass is 329 g/mol. The van der Waals surface area contributed by atoms with Crippen LogP contribution in [0.3, 0.4) is 0 Å². The number of ether oxygens (including phenoxy) is 1. The van der Waals surface area contributed by atoms with E-state index in [1.807, 2.05) is 20.8 Å². The van der Waals surface area contributed by atoms with E-state index in [0.29, 0.717) is 13.0 Å². The SMILES string of the molecule is CCO[C@H]1C[C@@](O)(CNC(=O)c2cccc(F)c2Cl)C1(C)C. The first-order valence-corrected chi connectivity index (χ1v) is 7.67. The molecule has 0 bridgehead atoms. The average Bonchev–Trinajstić information content (AvgIpc) is 2.47. The summed E-state index contributed by atoms with van der Waals surface area (Å²) in [5.41, 5.74) is -1.46. The van der Waals surface area contributed by atoms with Crippen LogP contribution in [0, 0.1) is 11.2 Å². The normalized spacial score (nSPS) is 26.4. The van der Waals surface area contributed by atoms with Gasteiger partial charge in [-0.3, -0.25) is 4.79 Å². The zero-order valence-corrected chi connectivity index (χ0v) is 13.7. The van der Waals surface area contributed by atoms with Gasteiger partial charge >= 0.3 is 0 Å². The Hall–Kier alpha value is -1.17. The lowest BCUT2D eigenvalue weighted by atomic mass is 9.56. The Morgan fingerprint density at radius 1 is 1.55 bits per heavy atom. The van der Waals surface area contributed by atoms with Crippen molar-refractivity contribution in [3.8, 4) is 0 Å². The number of amides is 1. The molecule has 0 radical (unpaired) electrons. The largest absolute Gasteiger partial charge is 0.387 e. The second kappa shape index (κ2) is 6.14. The molecule has 0 unspecified atom stereocenters. The summed E-state index contributed by atoms with van der Waals surface area (Å²) in [7, 11) is 0. The van der Waals surface area contributed by atoms with Crippen LogP contribution in [0.15, 0.2) is 18.2 Å². The molecule has 1 aromatic rings. The van der Waals surface area contributed by atoms with E-state index in [0.717, 1.165) is 0 Å². The third-order valence-electron chi connectivity index (χ3n) is 4.63. The summed E-state index contributed by atoms with van der Waals surface area (Å²) in [4.78, 5) is 12.1. The highest BCUT2D eigenvalue weighted by Gasteiger charge is 2.59. The fourth-order valence-corrected chi connectivity index (χ4v) is 2.97. The van der Waals surface area contributed by atoms with Crippen molar-refractivity contribution >= 4 is 17.5 Å². The van der Waals surface area contributed by atoms with Crippen molar-refractivity contribution in [2.45, 2.75) is 38.9 Å². The maximum Gasteiger partial charge on any atom is 0.253 e. The molecule has 2 rings (SSSR count). The number of carbonyl (C=O) groups excluding carboxylic acids is 1. The number of aliphatic hydroxyl groups is 1. The highest BCUT2D eigenvalue weighted by molar-refractivity contribution is 6.34. The number of halogens is 2. The smallest absolute Gasteiger partial charge is 0.253 e. The summed E-state index contributed by atoms with van der Waals surface area (Å²) < 4.78 is 18.9. The highest BCUT2D eigenvalue weighted by atomic mass is 35.5. The predicted molar refractivity (Wildman–Crippen MR) is 82.5 cm³/mol. The van der Waals surface area contributed by atoms with Crippen molar-refractivity contribution in [1.29, 1.82) is 0 Å². The molecule has 4 nitrogen and oxygen atoms in total. The van der Waals surface area contributed by atoms with E-state index in [1.54, 1.807) is 0 Å². The summed E-state index contributed by atoms with van der Waals surface area (Å²) in [6, 6.07) is 4.05. The summed E-state index contributed by atoms with van der Waals surface area (Å²) in [6.45, 7) is 6.35. The van der Waals surface area contributed by atoms with E-state index < -0.39 is 22.7 Å². The fraction of sp³-hybridized carbons (Fsp3) is 0.562. The molecule has 0 aromatic heterocycles. The molecule has 1 aromatic carbocycles. The number of nitrogens with one attached hydrogen (secondary N) is 1. The Balaban J connectivity index is 2.01. The van der Waals surface area contributed by atoms with Crippen LogP contribution in [-0.2, 0) is 4.74 Å². The Morgan fingerprint density at radius 3 is 2.82 bits per heavy atom. The standard InChI is InChI=1S/C16H21ClFNO3/c1-4-22-12-8-16(21,15(12,2)3)9-19-14(20)10-6-5-7-11(18)13(10)17/h5-7,12,21H,4,8-9H2,1-3H3,(H,19,20)/t12-,16+/m0/s1. The van der Waals surface area contributed by atoms with E-state index in [2.05, 4.69) is 5.32 Å². The van der Waals surface area contributed by atoms with Gasteiger partial charge in [0, 0.05) is 25.0 Å². The van der Waals surface area contributed by atoms with Gasteiger partial charge in [-0.2, -0.15) is 0 Å². The molecule has 1 fully saturated rings. The molecular weight excluding hydrogens is 309 g/mol. The third kappa shape index (κ3) is 2.85. The van der Waals surface area contributed by atoms with Gasteiger partial charge < -0.3 is 15.2 Å². The van der Waals surface area contributed by atoms with Crippen LogP contribution in [0.2, 0.25) is 5.02 Å². The predicted octanol–water partition coefficient (Wildman–Crippen LogP) is 2.78. The fourth-order valence-electron chi connectivity index (χ4n) is 2.76. The van der Waals surface area contributed by atoms with Crippen molar-refractivity contribution < 1.29 is 19.0 Å². The number of benzene rings is 1. The molecule has 0 heterocycles. The molecule has 0 spiro atoms. The Kier molecular flexibility index (Phi) is 4.80. The van der Waals surface area contributed by atoms with Gasteiger partial charge in [-0.05, 0) is 19.1 Å². The van der Waals surface area contributed by atoms with Gasteiger partial charge in [-0.1, -0.05) is 31.5 Å². The molecule has 2 N–H and O–H groups in total. The summed E-state index contributed by atoms with van der Waals surface area (Å²) >= 11 is 5.79. The zero-order chi connectivity index (χ0) is 16.5. The lowest BCUT2D eigenvalue weighted by molar-refractivity contribution is -0.237. The highest BCUT2D eigenvalue weighted by Crippen LogP contribution is 2.50. The van der Waals surface area contributed by atoms with Crippen LogP contribution in [0.5, 0.6) is 0 Å². The molecule has 122 valence electrons. The van der Waals surface area contributed by atoms with Crippen LogP contribution >= 0.6 is 11.6 Å². The number of carbonyl (C=O) groups is 1. The van der Waals surface area contributed by atoms with E-state index in [-0.39, 0.29) is 23.2 Å². The Labute approximate surface area is 134 Å². The second-order valence-electron chi connectivity index (χ2n) is 6.19. The van der Waals surface area contributed by atoms with Gasteiger partial charge in [0.25, 0.3) is 5.91 Å². The first-order valence-electron chi connectivity index (χ1n) is 7.29. The van der Waals surface area contributed by atoms with Crippen molar-refractivity contribution in [3.05, 3.63) is 34.6 Å². The van der Waals surface area contributed by atoms with Crippen LogP contribution < -0.4 is 5.32 Å². The van der Waals surface area contributed by atoms with Gasteiger partial charge in [-0.25, -0.2) is 4.39 Å². The third-order valence-corrected chi connectivity index (χ3v) is 5.02. The Morgan fingerprint density at radius 2 is 2.23 bits per heavy atom. The molecular formula is C16H21ClFNO3. The first-order chi connectivity index (χ1) is 10.2. The minimum atomic E-state index is -1.05. The second-order valence-corrected chi connectivity index (χ2v) is 6.56. The van der Waals surface area contributed by atoms with Gasteiger partial charge in [0.05, 0.1) is 22.3 Å². The van der Waals surface area contributed by atoms with Crippen molar-refractivity contribution in [2.75, 3.05) is 13.2 Å². The van der Waals surface area contributed by atoms with Gasteiger partial charge in [-0.15, -0.1) is 0 Å². The molecule has 0 aliphatic heterocycles. The summed E-state index contributed by atoms with van der Waals surface area (Å²) in [6.07, 6.45) is 0.405. The van der Waals surface area contributed by atoms with E-state index in [1.165, 1.54) is 18.2 Å². The zero-order valence-electron chi connectivity index (χ0n) is 13.0. The molecule has 22 heavy (non-hydrogen) atoms. The molecule has 0 saturated heterocycles. The molecule has 1 aliphatic carbocycles. The topological polar surface area (TPSA) is 58.6 Å². The summed E-state index contributed by atoms with van der Waals surface area (Å²) in [5, 5.41) is 13.1. The molecule has 1 saturated carbocycles. The van der Waals surface area contributed by atoms with Crippen molar-refractivity contribution in [3.63, 3.8) is 0 Å². The molecule has 2 atom stereocenters. The summed E-state index contributed by atoms with van der Waals surface area (Å²) in [5.74, 6) is -1.15. The minimum Gasteiger partial charge on any atom is -0.387 e. The van der Waals surface area contributed by atoms with Crippen LogP contribution in [0.1, 0.15) is 37.6 Å². The van der Waals surface area contributed by atoms with Crippen molar-refractivity contribution in [1.82, 2.24) is 5.32 Å². The number of hydrogen-bond donors (Lipinski definition) is 2. The molecule has 6 heteroatoms. The molecule has 1 amide bonds. The number of rotatable bonds is 5. The van der Waals surface area contributed by atoms with Crippen LogP contribution in [0.4, 0.5) is 4.39 Å². The first kappa shape index (κ1) is 17.2. The molecule has 1 aliphatic rings. The minimum absolute atomic E-state index is 0.0443. The van der Waals surface area contributed by atoms with Crippen molar-refractivity contribution in [2.24, 2.45) is 5.41 Å². The van der Waals surface area contributed by atoms with E-state index in [4.69, 9.17) is 16.3 Å². The van der Waals surface area contributed by atoms with Crippen LogP contribution in [0.25, 0.3) is 0 Å². The quantitative estimate of drug-likeness (QED) is 0.873. The number of hydrogen-bond acceptors (Lipinski definition) is 3. The Bertz CT molecular complexity index is 579. The van der Waals surface area contributed by atoms with Gasteiger partial charge in [0.2, 0.25) is 0 Å². The van der Waals surface area contributed by atoms with E-state index in [9.17, 15) is 14.3 Å². The maximum absolute atomic E-state index is 13.4. The van der Waals surface area contributed by atoms with Gasteiger partial charge in [0.1, 0.15) is 5.82 Å². The van der Waals surface area contributed by atoms with Gasteiger partial charge in [0.15, 0.2) is 0 Å². The lowest BCUT2D eigenvalue weighted by Crippen LogP contribution is -2.68. The maximum atomic E-state index is 13.4. The lowest BCUT2D eigenvalue weighted by Gasteiger charge is -2.57. The van der Waals surface area contributed by atoms with Crippen LogP contribution in [-0.4, -0.2) is 35.9 Å². The van der Waals surface area contributed by atoms with E-state index >= 15 is 0 Å². The average molecular weight is 330 g/mol.